The first-order chi connectivity index (χ1) is 23.8. The molecule has 0 saturated carbocycles. The Balaban J connectivity index is 1.35. The Bertz CT molecular complexity index is 3550. The van der Waals surface area contributed by atoms with Crippen molar-refractivity contribution in [1.29, 1.82) is 0 Å². The summed E-state index contributed by atoms with van der Waals surface area (Å²) in [6.45, 7) is 0. The van der Waals surface area contributed by atoms with E-state index >= 15 is 0 Å². The van der Waals surface area contributed by atoms with E-state index in [9.17, 15) is 0 Å². The quantitative estimate of drug-likeness (QED) is 0.120. The number of fused-ring (bicyclic) bond motifs is 13. The van der Waals surface area contributed by atoms with E-state index < -0.39 is 0 Å². The van der Waals surface area contributed by atoms with E-state index in [-0.39, 0.29) is 0 Å². The van der Waals surface area contributed by atoms with Crippen LogP contribution in [0.25, 0.3) is 129 Å². The number of rotatable bonds is 0. The summed E-state index contributed by atoms with van der Waals surface area (Å²) >= 11 is 0. The maximum atomic E-state index is 2.53. The minimum Gasteiger partial charge on any atom is -0.0616 e. The predicted molar refractivity (Wildman–Crippen MR) is 210 cm³/mol. The van der Waals surface area contributed by atoms with E-state index in [4.69, 9.17) is 0 Å². The average molecular weight is 601 g/mol. The highest BCUT2D eigenvalue weighted by molar-refractivity contribution is 6.48. The van der Waals surface area contributed by atoms with Crippen molar-refractivity contribution in [3.8, 4) is 0 Å². The van der Waals surface area contributed by atoms with Crippen LogP contribution >= 0.6 is 0 Å². The van der Waals surface area contributed by atoms with E-state index in [2.05, 4.69) is 146 Å². The third-order valence-electron chi connectivity index (χ3n) is 11.8. The van der Waals surface area contributed by atoms with E-state index in [1.165, 1.54) is 129 Å². The van der Waals surface area contributed by atoms with Gasteiger partial charge in [-0.05, 0) is 141 Å². The van der Waals surface area contributed by atoms with Gasteiger partial charge in [-0.15, -0.1) is 0 Å². The molecule has 0 N–H and O–H groups in total. The minimum absolute atomic E-state index is 1.33. The summed E-state index contributed by atoms with van der Waals surface area (Å²) < 4.78 is 0. The van der Waals surface area contributed by atoms with Gasteiger partial charge in [0.2, 0.25) is 0 Å². The van der Waals surface area contributed by atoms with E-state index in [0.29, 0.717) is 0 Å². The second kappa shape index (κ2) is 8.00. The molecule has 0 atom stereocenters. The molecule has 13 aromatic carbocycles. The summed E-state index contributed by atoms with van der Waals surface area (Å²) in [5, 5.41) is 32.5. The van der Waals surface area contributed by atoms with Crippen LogP contribution in [0, 0.1) is 0 Å². The highest BCUT2D eigenvalue weighted by atomic mass is 14.3. The van der Waals surface area contributed by atoms with Crippen LogP contribution in [0.4, 0.5) is 0 Å². The lowest BCUT2D eigenvalue weighted by Gasteiger charge is -2.22. The van der Waals surface area contributed by atoms with Gasteiger partial charge in [0.05, 0.1) is 0 Å². The van der Waals surface area contributed by atoms with Crippen LogP contribution < -0.4 is 0 Å². The van der Waals surface area contributed by atoms with Gasteiger partial charge in [-0.1, -0.05) is 133 Å². The van der Waals surface area contributed by atoms with Crippen molar-refractivity contribution in [3.63, 3.8) is 0 Å². The molecule has 0 aromatic heterocycles. The van der Waals surface area contributed by atoms with Crippen molar-refractivity contribution in [3.05, 3.63) is 146 Å². The zero-order valence-electron chi connectivity index (χ0n) is 25.9. The first kappa shape index (κ1) is 24.0. The molecule has 0 heterocycles. The van der Waals surface area contributed by atoms with Crippen molar-refractivity contribution >= 4 is 129 Å². The van der Waals surface area contributed by atoms with Gasteiger partial charge < -0.3 is 0 Å². The van der Waals surface area contributed by atoms with Gasteiger partial charge in [0.1, 0.15) is 0 Å². The van der Waals surface area contributed by atoms with E-state index in [1.54, 1.807) is 0 Å². The van der Waals surface area contributed by atoms with Crippen molar-refractivity contribution in [2.24, 2.45) is 0 Å². The van der Waals surface area contributed by atoms with Crippen LogP contribution in [-0.2, 0) is 0 Å². The number of hydrogen-bond acceptors (Lipinski definition) is 0. The Morgan fingerprint density at radius 1 is 0.146 bits per heavy atom. The molecule has 0 aliphatic heterocycles. The van der Waals surface area contributed by atoms with Gasteiger partial charge >= 0.3 is 0 Å². The summed E-state index contributed by atoms with van der Waals surface area (Å²) in [5.41, 5.74) is 0. The van der Waals surface area contributed by atoms with Crippen molar-refractivity contribution < 1.29 is 0 Å². The highest BCUT2D eigenvalue weighted by Crippen LogP contribution is 2.52. The summed E-state index contributed by atoms with van der Waals surface area (Å²) in [6.07, 6.45) is 0. The lowest BCUT2D eigenvalue weighted by atomic mass is 9.80. The fourth-order valence-corrected chi connectivity index (χ4v) is 10.0. The lowest BCUT2D eigenvalue weighted by Crippen LogP contribution is -1.94. The first-order valence-corrected chi connectivity index (χ1v) is 16.9. The normalized spacial score (nSPS) is 13.0. The largest absolute Gasteiger partial charge is 0.0616 e. The highest BCUT2D eigenvalue weighted by Gasteiger charge is 2.23. The third kappa shape index (κ3) is 2.56. The van der Waals surface area contributed by atoms with Crippen molar-refractivity contribution in [2.45, 2.75) is 0 Å². The molecule has 13 aromatic rings. The smallest absolute Gasteiger partial charge is 0.000740 e. The van der Waals surface area contributed by atoms with Gasteiger partial charge in [0, 0.05) is 0 Å². The topological polar surface area (TPSA) is 0 Å². The molecule has 0 heteroatoms. The standard InChI is InChI=1S/C48H24/c1-2-10-26-25(9-1)29-13-6-18-34-39-23-41-36-20-8-17-33-32-16-5-15-31-27-11-3-4-12-28(27)37-21-22-38(48(46(33)36)47(37)45(31)32)42(41)24-40(39)35-19-7-14-30(26)44(35)43(29)34/h1-24H. The maximum Gasteiger partial charge on any atom is -0.000740 e. The average Bonchev–Trinajstić information content (AvgIpc) is 3.16. The van der Waals surface area contributed by atoms with Gasteiger partial charge in [0.15, 0.2) is 0 Å². The molecule has 0 aliphatic carbocycles. The first-order valence-electron chi connectivity index (χ1n) is 16.9. The fraction of sp³-hybridized carbons (Fsp3) is 0. The Morgan fingerprint density at radius 3 is 0.688 bits per heavy atom. The molecule has 13 rings (SSSR count). The van der Waals surface area contributed by atoms with E-state index in [0.717, 1.165) is 0 Å². The monoisotopic (exact) mass is 600 g/mol. The molecule has 216 valence electrons. The second-order valence-electron chi connectivity index (χ2n) is 13.9. The van der Waals surface area contributed by atoms with Gasteiger partial charge in [-0.25, -0.2) is 0 Å². The van der Waals surface area contributed by atoms with Crippen LogP contribution in [0.2, 0.25) is 0 Å². The molecular weight excluding hydrogens is 577 g/mol. The molecule has 0 radical (unpaired) electrons. The SMILES string of the molecule is c1ccc2c(c1)c1cccc3c4cc5c(cc4c4cccc2c4c13)c1ccc2c3ccccc3c3cccc4c6cccc5c6c1c2c34. The minimum atomic E-state index is 1.33. The molecule has 0 spiro atoms. The van der Waals surface area contributed by atoms with E-state index in [1.807, 2.05) is 0 Å². The van der Waals surface area contributed by atoms with Crippen LogP contribution in [0.15, 0.2) is 146 Å². The summed E-state index contributed by atoms with van der Waals surface area (Å²) in [4.78, 5) is 0. The molecule has 0 amide bonds. The Hall–Kier alpha value is -6.24. The number of benzene rings is 13. The Labute approximate surface area is 274 Å². The van der Waals surface area contributed by atoms with Crippen molar-refractivity contribution in [2.75, 3.05) is 0 Å². The zero-order valence-corrected chi connectivity index (χ0v) is 25.9. The Kier molecular flexibility index (Phi) is 4.00. The molecule has 48 heavy (non-hydrogen) atoms. The Morgan fingerprint density at radius 2 is 0.354 bits per heavy atom. The van der Waals surface area contributed by atoms with Gasteiger partial charge in [-0.3, -0.25) is 0 Å². The summed E-state index contributed by atoms with van der Waals surface area (Å²) in [7, 11) is 0. The van der Waals surface area contributed by atoms with Gasteiger partial charge in [-0.2, -0.15) is 0 Å². The molecule has 0 nitrogen and oxygen atoms in total. The van der Waals surface area contributed by atoms with Crippen LogP contribution in [0.3, 0.4) is 0 Å². The van der Waals surface area contributed by atoms with Crippen molar-refractivity contribution in [1.82, 2.24) is 0 Å². The summed E-state index contributed by atoms with van der Waals surface area (Å²) in [5.74, 6) is 0. The van der Waals surface area contributed by atoms with Crippen LogP contribution in [0.5, 0.6) is 0 Å². The molecular formula is C48H24. The van der Waals surface area contributed by atoms with Crippen LogP contribution in [-0.4, -0.2) is 0 Å². The zero-order chi connectivity index (χ0) is 30.8. The molecule has 0 saturated heterocycles. The third-order valence-corrected chi connectivity index (χ3v) is 11.8. The maximum absolute atomic E-state index is 2.53. The second-order valence-corrected chi connectivity index (χ2v) is 13.9. The molecule has 0 bridgehead atoms. The molecule has 0 aliphatic rings. The summed E-state index contributed by atoms with van der Waals surface area (Å²) in [6, 6.07) is 55.5. The molecule has 0 fully saturated rings. The predicted octanol–water partition coefficient (Wildman–Crippen LogP) is 13.8. The fourth-order valence-electron chi connectivity index (χ4n) is 10.0. The van der Waals surface area contributed by atoms with Gasteiger partial charge in [0.25, 0.3) is 0 Å². The molecule has 0 unspecified atom stereocenters. The number of hydrogen-bond donors (Lipinski definition) is 0. The van der Waals surface area contributed by atoms with Crippen LogP contribution in [0.1, 0.15) is 0 Å². The lowest BCUT2D eigenvalue weighted by molar-refractivity contribution is 1.80.